The fourth-order valence-electron chi connectivity index (χ4n) is 2.43. The van der Waals surface area contributed by atoms with Crippen LogP contribution in [0.1, 0.15) is 33.6 Å². The van der Waals surface area contributed by atoms with Crippen LogP contribution in [-0.4, -0.2) is 54.7 Å². The molecule has 1 fully saturated rings. The number of nitrogens with one attached hydrogen (secondary N) is 1. The molecular formula is C14H23F3N2O3. The molecule has 1 heterocycles. The van der Waals surface area contributed by atoms with Crippen LogP contribution in [0.15, 0.2) is 0 Å². The van der Waals surface area contributed by atoms with E-state index in [4.69, 9.17) is 4.74 Å². The lowest BCUT2D eigenvalue weighted by Crippen LogP contribution is -2.50. The van der Waals surface area contributed by atoms with Crippen LogP contribution in [0.5, 0.6) is 0 Å². The maximum absolute atomic E-state index is 12.3. The second-order valence-electron chi connectivity index (χ2n) is 6.24. The molecule has 0 aromatic rings. The molecule has 1 rings (SSSR count). The number of carbonyl (C=O) groups excluding carboxylic acids is 2. The highest BCUT2D eigenvalue weighted by Crippen LogP contribution is 2.23. The van der Waals surface area contributed by atoms with Gasteiger partial charge in [-0.3, -0.25) is 9.69 Å². The average Bonchev–Trinajstić information content (AvgIpc) is 2.34. The summed E-state index contributed by atoms with van der Waals surface area (Å²) in [6.45, 7) is 4.36. The van der Waals surface area contributed by atoms with Gasteiger partial charge in [0, 0.05) is 6.92 Å². The Morgan fingerprint density at radius 1 is 1.23 bits per heavy atom. The Bertz CT molecular complexity index is 403. The standard InChI is InChI=1S/C14H23F3N2O3/c1-10(20)18-13(2,3)12(21)22-8-11-4-6-19(7-5-11)9-14(15,16)17/h11H,4-9H2,1-3H3,(H,18,20). The van der Waals surface area contributed by atoms with Crippen molar-refractivity contribution in [3.8, 4) is 0 Å². The Morgan fingerprint density at radius 3 is 2.23 bits per heavy atom. The summed E-state index contributed by atoms with van der Waals surface area (Å²) in [6.07, 6.45) is -3.06. The minimum atomic E-state index is -4.18. The van der Waals surface area contributed by atoms with Crippen molar-refractivity contribution in [2.75, 3.05) is 26.2 Å². The van der Waals surface area contributed by atoms with Crippen molar-refractivity contribution < 1.29 is 27.5 Å². The molecule has 1 N–H and O–H groups in total. The van der Waals surface area contributed by atoms with Crippen LogP contribution >= 0.6 is 0 Å². The van der Waals surface area contributed by atoms with E-state index in [-0.39, 0.29) is 18.4 Å². The molecule has 0 radical (unpaired) electrons. The van der Waals surface area contributed by atoms with Gasteiger partial charge in [0.05, 0.1) is 13.2 Å². The third kappa shape index (κ3) is 6.64. The first-order valence-corrected chi connectivity index (χ1v) is 7.24. The number of rotatable bonds is 5. The zero-order valence-electron chi connectivity index (χ0n) is 13.1. The van der Waals surface area contributed by atoms with Gasteiger partial charge in [-0.2, -0.15) is 13.2 Å². The summed E-state index contributed by atoms with van der Waals surface area (Å²) in [4.78, 5) is 24.3. The normalized spacial score (nSPS) is 18.1. The average molecular weight is 324 g/mol. The van der Waals surface area contributed by atoms with Gasteiger partial charge >= 0.3 is 12.1 Å². The fourth-order valence-corrected chi connectivity index (χ4v) is 2.43. The second kappa shape index (κ2) is 7.30. The number of esters is 1. The first-order chi connectivity index (χ1) is 9.99. The summed E-state index contributed by atoms with van der Waals surface area (Å²) in [5.41, 5.74) is -1.11. The Hall–Kier alpha value is -1.31. The van der Waals surface area contributed by atoms with Crippen LogP contribution in [-0.2, 0) is 14.3 Å². The number of alkyl halides is 3. The summed E-state index contributed by atoms with van der Waals surface area (Å²) in [6, 6.07) is 0. The van der Waals surface area contributed by atoms with Crippen molar-refractivity contribution in [1.82, 2.24) is 10.2 Å². The summed E-state index contributed by atoms with van der Waals surface area (Å²) in [7, 11) is 0. The Morgan fingerprint density at radius 2 is 1.77 bits per heavy atom. The van der Waals surface area contributed by atoms with E-state index in [1.54, 1.807) is 13.8 Å². The Kier molecular flexibility index (Phi) is 6.22. The van der Waals surface area contributed by atoms with Crippen LogP contribution in [0.2, 0.25) is 0 Å². The van der Waals surface area contributed by atoms with Gasteiger partial charge in [0.1, 0.15) is 5.54 Å². The van der Waals surface area contributed by atoms with Crippen molar-refractivity contribution in [2.45, 2.75) is 45.3 Å². The van der Waals surface area contributed by atoms with E-state index in [1.807, 2.05) is 0 Å². The van der Waals surface area contributed by atoms with E-state index in [1.165, 1.54) is 11.8 Å². The number of nitrogens with zero attached hydrogens (tertiary/aromatic N) is 1. The number of amides is 1. The van der Waals surface area contributed by atoms with Crippen LogP contribution in [0.25, 0.3) is 0 Å². The largest absolute Gasteiger partial charge is 0.464 e. The van der Waals surface area contributed by atoms with Gasteiger partial charge in [0.2, 0.25) is 5.91 Å². The minimum Gasteiger partial charge on any atom is -0.464 e. The Labute approximate surface area is 128 Å². The molecule has 0 saturated carbocycles. The van der Waals surface area contributed by atoms with Crippen molar-refractivity contribution >= 4 is 11.9 Å². The predicted molar refractivity (Wildman–Crippen MR) is 74.1 cm³/mol. The third-order valence-electron chi connectivity index (χ3n) is 3.56. The summed E-state index contributed by atoms with van der Waals surface area (Å²) in [5.74, 6) is -0.815. The topological polar surface area (TPSA) is 58.6 Å². The van der Waals surface area contributed by atoms with Crippen LogP contribution in [0, 0.1) is 5.92 Å². The van der Waals surface area contributed by atoms with Crippen LogP contribution < -0.4 is 5.32 Å². The molecule has 8 heteroatoms. The molecule has 1 amide bonds. The number of halogens is 3. The zero-order valence-corrected chi connectivity index (χ0v) is 13.1. The van der Waals surface area contributed by atoms with Crippen molar-refractivity contribution in [2.24, 2.45) is 5.92 Å². The SMILES string of the molecule is CC(=O)NC(C)(C)C(=O)OCC1CCN(CC(F)(F)F)CC1. The molecule has 0 bridgehead atoms. The number of ether oxygens (including phenoxy) is 1. The molecular weight excluding hydrogens is 301 g/mol. The van der Waals surface area contributed by atoms with Crippen molar-refractivity contribution in [1.29, 1.82) is 0 Å². The third-order valence-corrected chi connectivity index (χ3v) is 3.56. The Balaban J connectivity index is 2.33. The van der Waals surface area contributed by atoms with E-state index in [9.17, 15) is 22.8 Å². The minimum absolute atomic E-state index is 0.0570. The number of hydrogen-bond acceptors (Lipinski definition) is 4. The second-order valence-corrected chi connectivity index (χ2v) is 6.24. The summed E-state index contributed by atoms with van der Waals surface area (Å²) in [5, 5.41) is 2.49. The number of piperidine rings is 1. The van der Waals surface area contributed by atoms with Gasteiger partial charge in [0.15, 0.2) is 0 Å². The smallest absolute Gasteiger partial charge is 0.401 e. The first-order valence-electron chi connectivity index (χ1n) is 7.24. The van der Waals surface area contributed by atoms with Gasteiger partial charge in [-0.25, -0.2) is 4.79 Å². The van der Waals surface area contributed by atoms with Crippen molar-refractivity contribution in [3.63, 3.8) is 0 Å². The van der Waals surface area contributed by atoms with Gasteiger partial charge in [-0.1, -0.05) is 0 Å². The van der Waals surface area contributed by atoms with Gasteiger partial charge in [-0.15, -0.1) is 0 Å². The summed E-state index contributed by atoms with van der Waals surface area (Å²) < 4.78 is 42.0. The maximum atomic E-state index is 12.3. The first kappa shape index (κ1) is 18.7. The number of likely N-dealkylation sites (tertiary alicyclic amines) is 1. The highest BCUT2D eigenvalue weighted by Gasteiger charge is 2.34. The van der Waals surface area contributed by atoms with E-state index < -0.39 is 24.2 Å². The molecule has 0 unspecified atom stereocenters. The lowest BCUT2D eigenvalue weighted by Gasteiger charge is -2.32. The molecule has 0 spiro atoms. The van der Waals surface area contributed by atoms with E-state index >= 15 is 0 Å². The fraction of sp³-hybridized carbons (Fsp3) is 0.857. The van der Waals surface area contributed by atoms with Crippen molar-refractivity contribution in [3.05, 3.63) is 0 Å². The zero-order chi connectivity index (χ0) is 17.0. The molecule has 0 aromatic carbocycles. The molecule has 128 valence electrons. The van der Waals surface area contributed by atoms with Gasteiger partial charge in [0.25, 0.3) is 0 Å². The number of hydrogen-bond donors (Lipinski definition) is 1. The van der Waals surface area contributed by atoms with E-state index in [0.717, 1.165) is 0 Å². The van der Waals surface area contributed by atoms with Crippen LogP contribution in [0.3, 0.4) is 0 Å². The highest BCUT2D eigenvalue weighted by atomic mass is 19.4. The summed E-state index contributed by atoms with van der Waals surface area (Å²) >= 11 is 0. The molecule has 0 atom stereocenters. The van der Waals surface area contributed by atoms with Gasteiger partial charge in [-0.05, 0) is 45.7 Å². The number of carbonyl (C=O) groups is 2. The molecule has 0 aliphatic carbocycles. The molecule has 0 aromatic heterocycles. The highest BCUT2D eigenvalue weighted by molar-refractivity contribution is 5.86. The molecule has 22 heavy (non-hydrogen) atoms. The monoisotopic (exact) mass is 324 g/mol. The predicted octanol–water partition coefficient (Wildman–Crippen LogP) is 1.72. The van der Waals surface area contributed by atoms with Gasteiger partial charge < -0.3 is 10.1 Å². The lowest BCUT2D eigenvalue weighted by molar-refractivity contribution is -0.155. The molecule has 5 nitrogen and oxygen atoms in total. The lowest BCUT2D eigenvalue weighted by atomic mass is 9.97. The van der Waals surface area contributed by atoms with E-state index in [0.29, 0.717) is 25.9 Å². The molecule has 1 saturated heterocycles. The quantitative estimate of drug-likeness (QED) is 0.782. The maximum Gasteiger partial charge on any atom is 0.401 e. The van der Waals surface area contributed by atoms with E-state index in [2.05, 4.69) is 5.32 Å². The van der Waals surface area contributed by atoms with Crippen LogP contribution in [0.4, 0.5) is 13.2 Å². The molecule has 1 aliphatic rings. The molecule has 1 aliphatic heterocycles.